The molecule has 1 aromatic carbocycles. The van der Waals surface area contributed by atoms with Gasteiger partial charge in [-0.05, 0) is 5.56 Å². The van der Waals surface area contributed by atoms with Crippen molar-refractivity contribution >= 4 is 34.8 Å². The highest BCUT2D eigenvalue weighted by Crippen LogP contribution is 2.37. The monoisotopic (exact) mass is 223 g/mol. The number of nitrogens with two attached hydrogens (primary N) is 1. The van der Waals surface area contributed by atoms with Gasteiger partial charge in [-0.15, -0.1) is 0 Å². The summed E-state index contributed by atoms with van der Waals surface area (Å²) in [5.74, 6) is 0. The Morgan fingerprint density at radius 3 is 2.00 bits per heavy atom. The van der Waals surface area contributed by atoms with E-state index in [-0.39, 0.29) is 0 Å². The lowest BCUT2D eigenvalue weighted by molar-refractivity contribution is 0.748. The first-order valence-corrected chi connectivity index (χ1v) is 4.52. The van der Waals surface area contributed by atoms with Crippen LogP contribution in [0.3, 0.4) is 0 Å². The minimum atomic E-state index is -1.44. The Morgan fingerprint density at radius 1 is 1.08 bits per heavy atom. The van der Waals surface area contributed by atoms with Crippen molar-refractivity contribution in [3.8, 4) is 0 Å². The number of hydrogen-bond acceptors (Lipinski definition) is 1. The van der Waals surface area contributed by atoms with Crippen LogP contribution in [0, 0.1) is 0 Å². The molecule has 0 bridgehead atoms. The van der Waals surface area contributed by atoms with Crippen molar-refractivity contribution < 1.29 is 0 Å². The minimum Gasteiger partial charge on any atom is -0.320 e. The third kappa shape index (κ3) is 2.53. The zero-order valence-corrected chi connectivity index (χ0v) is 8.44. The highest BCUT2D eigenvalue weighted by molar-refractivity contribution is 6.68. The first-order valence-electron chi connectivity index (χ1n) is 3.39. The summed E-state index contributed by atoms with van der Waals surface area (Å²) >= 11 is 16.9. The van der Waals surface area contributed by atoms with Gasteiger partial charge in [-0.3, -0.25) is 0 Å². The molecule has 0 amide bonds. The molecule has 1 unspecified atom stereocenters. The Balaban J connectivity index is 2.86. The van der Waals surface area contributed by atoms with E-state index in [1.807, 2.05) is 30.3 Å². The Bertz CT molecular complexity index is 242. The lowest BCUT2D eigenvalue weighted by atomic mass is 10.1. The van der Waals surface area contributed by atoms with E-state index in [1.165, 1.54) is 0 Å². The number of alkyl halides is 3. The molecule has 4 heteroatoms. The third-order valence-corrected chi connectivity index (χ3v) is 2.22. The normalized spacial score (nSPS) is 14.3. The maximum atomic E-state index is 5.68. The van der Waals surface area contributed by atoms with Crippen LogP contribution in [-0.2, 0) is 0 Å². The Hall–Kier alpha value is 0.0500. The Morgan fingerprint density at radius 2 is 1.58 bits per heavy atom. The molecule has 0 aliphatic heterocycles. The van der Waals surface area contributed by atoms with Crippen molar-refractivity contribution in [2.45, 2.75) is 9.83 Å². The fourth-order valence-corrected chi connectivity index (χ4v) is 1.23. The molecule has 0 aromatic heterocycles. The quantitative estimate of drug-likeness (QED) is 0.729. The van der Waals surface area contributed by atoms with Gasteiger partial charge in [0.05, 0.1) is 6.04 Å². The van der Waals surface area contributed by atoms with Gasteiger partial charge in [0.1, 0.15) is 0 Å². The number of benzene rings is 1. The summed E-state index contributed by atoms with van der Waals surface area (Å²) in [6, 6.07) is 8.66. The molecule has 1 aromatic rings. The van der Waals surface area contributed by atoms with Crippen LogP contribution in [0.15, 0.2) is 30.3 Å². The van der Waals surface area contributed by atoms with Crippen LogP contribution in [0.2, 0.25) is 0 Å². The van der Waals surface area contributed by atoms with Crippen molar-refractivity contribution in [2.24, 2.45) is 5.73 Å². The van der Waals surface area contributed by atoms with Gasteiger partial charge in [0.2, 0.25) is 3.79 Å². The smallest absolute Gasteiger partial charge is 0.209 e. The van der Waals surface area contributed by atoms with Crippen LogP contribution in [0.25, 0.3) is 0 Å². The second-order valence-corrected chi connectivity index (χ2v) is 4.80. The zero-order valence-electron chi connectivity index (χ0n) is 6.18. The molecule has 0 saturated heterocycles. The largest absolute Gasteiger partial charge is 0.320 e. The van der Waals surface area contributed by atoms with Gasteiger partial charge < -0.3 is 5.73 Å². The summed E-state index contributed by atoms with van der Waals surface area (Å²) in [4.78, 5) is 0. The molecule has 66 valence electrons. The van der Waals surface area contributed by atoms with Crippen LogP contribution >= 0.6 is 34.8 Å². The van der Waals surface area contributed by atoms with E-state index in [9.17, 15) is 0 Å². The first kappa shape index (κ1) is 10.1. The maximum absolute atomic E-state index is 5.68. The van der Waals surface area contributed by atoms with Gasteiger partial charge in [0.25, 0.3) is 0 Å². The number of hydrogen-bond donors (Lipinski definition) is 1. The summed E-state index contributed by atoms with van der Waals surface area (Å²) in [6.07, 6.45) is 0. The van der Waals surface area contributed by atoms with Crippen LogP contribution in [0.1, 0.15) is 11.6 Å². The Kier molecular flexibility index (Phi) is 3.24. The molecule has 1 atom stereocenters. The fourth-order valence-electron chi connectivity index (χ4n) is 0.849. The van der Waals surface area contributed by atoms with Gasteiger partial charge in [0.15, 0.2) is 0 Å². The van der Waals surface area contributed by atoms with Crippen molar-refractivity contribution in [1.29, 1.82) is 0 Å². The van der Waals surface area contributed by atoms with E-state index >= 15 is 0 Å². The van der Waals surface area contributed by atoms with E-state index in [0.29, 0.717) is 0 Å². The highest BCUT2D eigenvalue weighted by Gasteiger charge is 2.30. The molecule has 0 radical (unpaired) electrons. The molecule has 0 aliphatic carbocycles. The summed E-state index contributed by atoms with van der Waals surface area (Å²) in [6.45, 7) is 0. The molecular weight excluding hydrogens is 216 g/mol. The zero-order chi connectivity index (χ0) is 9.19. The second-order valence-electron chi connectivity index (χ2n) is 2.43. The average Bonchev–Trinajstić information content (AvgIpc) is 2.03. The predicted molar refractivity (Wildman–Crippen MR) is 53.7 cm³/mol. The molecule has 1 nitrogen and oxygen atoms in total. The molecular formula is C8H8Cl3N. The van der Waals surface area contributed by atoms with Gasteiger partial charge >= 0.3 is 0 Å². The van der Waals surface area contributed by atoms with E-state index in [1.54, 1.807) is 0 Å². The lowest BCUT2D eigenvalue weighted by Crippen LogP contribution is -2.25. The van der Waals surface area contributed by atoms with Crippen molar-refractivity contribution in [2.75, 3.05) is 0 Å². The highest BCUT2D eigenvalue weighted by atomic mass is 35.6. The Labute approximate surface area is 86.4 Å². The van der Waals surface area contributed by atoms with E-state index in [2.05, 4.69) is 0 Å². The average molecular weight is 225 g/mol. The molecule has 0 aliphatic rings. The molecule has 1 rings (SSSR count). The first-order chi connectivity index (χ1) is 5.52. The minimum absolute atomic E-state index is 0.580. The molecule has 0 spiro atoms. The van der Waals surface area contributed by atoms with Crippen LogP contribution in [-0.4, -0.2) is 3.79 Å². The van der Waals surface area contributed by atoms with E-state index < -0.39 is 9.83 Å². The fraction of sp³-hybridized carbons (Fsp3) is 0.250. The van der Waals surface area contributed by atoms with Crippen molar-refractivity contribution in [3.05, 3.63) is 35.9 Å². The second kappa shape index (κ2) is 3.84. The van der Waals surface area contributed by atoms with Crippen molar-refractivity contribution in [3.63, 3.8) is 0 Å². The number of halogens is 3. The van der Waals surface area contributed by atoms with Gasteiger partial charge in [-0.1, -0.05) is 65.1 Å². The maximum Gasteiger partial charge on any atom is 0.209 e. The van der Waals surface area contributed by atoms with E-state index in [4.69, 9.17) is 40.5 Å². The van der Waals surface area contributed by atoms with Crippen molar-refractivity contribution in [1.82, 2.24) is 0 Å². The topological polar surface area (TPSA) is 26.0 Å². The summed E-state index contributed by atoms with van der Waals surface area (Å²) in [5, 5.41) is 0. The van der Waals surface area contributed by atoms with Gasteiger partial charge in [0, 0.05) is 0 Å². The predicted octanol–water partition coefficient (Wildman–Crippen LogP) is 3.06. The molecule has 0 fully saturated rings. The van der Waals surface area contributed by atoms with Crippen LogP contribution < -0.4 is 5.73 Å². The third-order valence-electron chi connectivity index (χ3n) is 1.51. The summed E-state index contributed by atoms with van der Waals surface area (Å²) in [7, 11) is 0. The molecule has 2 N–H and O–H groups in total. The SMILES string of the molecule is NC(c1ccccc1)C(Cl)(Cl)Cl. The van der Waals surface area contributed by atoms with Crippen LogP contribution in [0.5, 0.6) is 0 Å². The van der Waals surface area contributed by atoms with Crippen LogP contribution in [0.4, 0.5) is 0 Å². The summed E-state index contributed by atoms with van der Waals surface area (Å²) < 4.78 is -1.44. The van der Waals surface area contributed by atoms with Gasteiger partial charge in [-0.2, -0.15) is 0 Å². The molecule has 0 saturated carbocycles. The molecule has 0 heterocycles. The summed E-state index contributed by atoms with van der Waals surface area (Å²) in [5.41, 5.74) is 6.49. The number of rotatable bonds is 1. The standard InChI is InChI=1S/C8H8Cl3N/c9-8(10,11)7(12)6-4-2-1-3-5-6/h1-5,7H,12H2. The van der Waals surface area contributed by atoms with Gasteiger partial charge in [-0.25, -0.2) is 0 Å². The van der Waals surface area contributed by atoms with E-state index in [0.717, 1.165) is 5.56 Å². The lowest BCUT2D eigenvalue weighted by Gasteiger charge is -2.19. The molecule has 12 heavy (non-hydrogen) atoms.